The summed E-state index contributed by atoms with van der Waals surface area (Å²) < 4.78 is 10.8. The SMILES string of the molecule is CCCCCCOCC(COC)NCCC. The molecule has 0 saturated heterocycles. The van der Waals surface area contributed by atoms with E-state index in [1.165, 1.54) is 25.7 Å². The van der Waals surface area contributed by atoms with Gasteiger partial charge >= 0.3 is 0 Å². The summed E-state index contributed by atoms with van der Waals surface area (Å²) in [6, 6.07) is 0.344. The molecular formula is C13H29NO2. The van der Waals surface area contributed by atoms with E-state index in [0.29, 0.717) is 6.04 Å². The highest BCUT2D eigenvalue weighted by molar-refractivity contribution is 4.64. The van der Waals surface area contributed by atoms with Crippen molar-refractivity contribution in [1.82, 2.24) is 5.32 Å². The second-order valence-corrected chi connectivity index (χ2v) is 4.24. The maximum atomic E-state index is 5.65. The lowest BCUT2D eigenvalue weighted by atomic mass is 10.2. The van der Waals surface area contributed by atoms with Gasteiger partial charge in [0.05, 0.1) is 19.3 Å². The normalized spacial score (nSPS) is 12.9. The largest absolute Gasteiger partial charge is 0.383 e. The molecule has 0 rings (SSSR count). The molecule has 0 saturated carbocycles. The van der Waals surface area contributed by atoms with Gasteiger partial charge in [-0.2, -0.15) is 0 Å². The lowest BCUT2D eigenvalue weighted by Crippen LogP contribution is -2.37. The van der Waals surface area contributed by atoms with E-state index >= 15 is 0 Å². The number of hydrogen-bond donors (Lipinski definition) is 1. The minimum Gasteiger partial charge on any atom is -0.383 e. The highest BCUT2D eigenvalue weighted by atomic mass is 16.5. The van der Waals surface area contributed by atoms with Crippen LogP contribution in [0.15, 0.2) is 0 Å². The topological polar surface area (TPSA) is 30.5 Å². The van der Waals surface area contributed by atoms with Crippen molar-refractivity contribution < 1.29 is 9.47 Å². The van der Waals surface area contributed by atoms with Crippen molar-refractivity contribution in [3.63, 3.8) is 0 Å². The van der Waals surface area contributed by atoms with Crippen molar-refractivity contribution in [2.75, 3.05) is 33.5 Å². The van der Waals surface area contributed by atoms with Crippen LogP contribution in [0.2, 0.25) is 0 Å². The van der Waals surface area contributed by atoms with Gasteiger partial charge in [-0.3, -0.25) is 0 Å². The van der Waals surface area contributed by atoms with Crippen molar-refractivity contribution >= 4 is 0 Å². The van der Waals surface area contributed by atoms with Gasteiger partial charge in [0.15, 0.2) is 0 Å². The smallest absolute Gasteiger partial charge is 0.0642 e. The zero-order valence-corrected chi connectivity index (χ0v) is 11.3. The van der Waals surface area contributed by atoms with Crippen molar-refractivity contribution in [2.24, 2.45) is 0 Å². The third kappa shape index (κ3) is 10.4. The van der Waals surface area contributed by atoms with Crippen LogP contribution in [0, 0.1) is 0 Å². The van der Waals surface area contributed by atoms with Crippen LogP contribution in [-0.4, -0.2) is 39.5 Å². The minimum absolute atomic E-state index is 0.344. The Bertz CT molecular complexity index is 131. The molecule has 0 heterocycles. The summed E-state index contributed by atoms with van der Waals surface area (Å²) in [5.74, 6) is 0. The summed E-state index contributed by atoms with van der Waals surface area (Å²) >= 11 is 0. The Balaban J connectivity index is 3.36. The van der Waals surface area contributed by atoms with E-state index in [-0.39, 0.29) is 0 Å². The first-order valence-electron chi connectivity index (χ1n) is 6.65. The van der Waals surface area contributed by atoms with Crippen LogP contribution in [0.3, 0.4) is 0 Å². The molecule has 0 fully saturated rings. The lowest BCUT2D eigenvalue weighted by Gasteiger charge is -2.17. The molecule has 0 aromatic heterocycles. The van der Waals surface area contributed by atoms with Crippen molar-refractivity contribution in [1.29, 1.82) is 0 Å². The quantitative estimate of drug-likeness (QED) is 0.524. The van der Waals surface area contributed by atoms with E-state index in [1.807, 2.05) is 0 Å². The highest BCUT2D eigenvalue weighted by Gasteiger charge is 2.06. The number of ether oxygens (including phenoxy) is 2. The molecule has 3 nitrogen and oxygen atoms in total. The maximum absolute atomic E-state index is 5.65. The zero-order chi connectivity index (χ0) is 12.1. The highest BCUT2D eigenvalue weighted by Crippen LogP contribution is 1.99. The first-order chi connectivity index (χ1) is 7.85. The van der Waals surface area contributed by atoms with Gasteiger partial charge in [-0.1, -0.05) is 33.1 Å². The second kappa shape index (κ2) is 12.9. The summed E-state index contributed by atoms with van der Waals surface area (Å²) in [7, 11) is 1.74. The zero-order valence-electron chi connectivity index (χ0n) is 11.3. The monoisotopic (exact) mass is 231 g/mol. The van der Waals surface area contributed by atoms with E-state index in [1.54, 1.807) is 7.11 Å². The Hall–Kier alpha value is -0.120. The van der Waals surface area contributed by atoms with E-state index in [9.17, 15) is 0 Å². The molecule has 1 unspecified atom stereocenters. The molecule has 0 aliphatic heterocycles. The van der Waals surface area contributed by atoms with Gasteiger partial charge in [0, 0.05) is 13.7 Å². The molecule has 0 aromatic rings. The van der Waals surface area contributed by atoms with Crippen LogP contribution in [0.4, 0.5) is 0 Å². The van der Waals surface area contributed by atoms with Gasteiger partial charge in [-0.05, 0) is 19.4 Å². The number of rotatable bonds is 12. The number of hydrogen-bond acceptors (Lipinski definition) is 3. The van der Waals surface area contributed by atoms with Crippen molar-refractivity contribution in [3.8, 4) is 0 Å². The summed E-state index contributed by atoms with van der Waals surface area (Å²) in [5, 5.41) is 3.42. The predicted molar refractivity (Wildman–Crippen MR) is 68.9 cm³/mol. The van der Waals surface area contributed by atoms with Gasteiger partial charge in [0.25, 0.3) is 0 Å². The molecule has 0 spiro atoms. The third-order valence-electron chi connectivity index (χ3n) is 2.51. The Kier molecular flexibility index (Phi) is 12.9. The van der Waals surface area contributed by atoms with E-state index in [0.717, 1.165) is 32.8 Å². The van der Waals surface area contributed by atoms with Crippen LogP contribution in [0.25, 0.3) is 0 Å². The van der Waals surface area contributed by atoms with Crippen LogP contribution in [-0.2, 0) is 9.47 Å². The molecule has 0 aliphatic rings. The molecule has 0 bridgehead atoms. The molecule has 1 N–H and O–H groups in total. The number of nitrogens with one attached hydrogen (secondary N) is 1. The minimum atomic E-state index is 0.344. The Morgan fingerprint density at radius 1 is 1.00 bits per heavy atom. The first-order valence-corrected chi connectivity index (χ1v) is 6.65. The van der Waals surface area contributed by atoms with Gasteiger partial charge < -0.3 is 14.8 Å². The summed E-state index contributed by atoms with van der Waals surface area (Å²) in [6.45, 7) is 7.81. The Morgan fingerprint density at radius 3 is 2.44 bits per heavy atom. The van der Waals surface area contributed by atoms with E-state index in [4.69, 9.17) is 9.47 Å². The van der Waals surface area contributed by atoms with Crippen molar-refractivity contribution in [2.45, 2.75) is 52.0 Å². The molecule has 98 valence electrons. The fourth-order valence-electron chi connectivity index (χ4n) is 1.57. The van der Waals surface area contributed by atoms with E-state index in [2.05, 4.69) is 19.2 Å². The number of methoxy groups -OCH3 is 1. The summed E-state index contributed by atoms with van der Waals surface area (Å²) in [6.07, 6.45) is 6.22. The van der Waals surface area contributed by atoms with Crippen LogP contribution in [0.5, 0.6) is 0 Å². The van der Waals surface area contributed by atoms with Crippen LogP contribution in [0.1, 0.15) is 46.0 Å². The lowest BCUT2D eigenvalue weighted by molar-refractivity contribution is 0.0724. The molecule has 0 aliphatic carbocycles. The van der Waals surface area contributed by atoms with Crippen LogP contribution >= 0.6 is 0 Å². The van der Waals surface area contributed by atoms with Gasteiger partial charge in [-0.15, -0.1) is 0 Å². The standard InChI is InChI=1S/C13H29NO2/c1-4-6-7-8-10-16-12-13(11-15-3)14-9-5-2/h13-14H,4-12H2,1-3H3. The molecule has 0 amide bonds. The Labute approximate surface area is 101 Å². The van der Waals surface area contributed by atoms with Gasteiger partial charge in [0.2, 0.25) is 0 Å². The molecule has 0 radical (unpaired) electrons. The molecule has 1 atom stereocenters. The molecule has 3 heteroatoms. The fourth-order valence-corrected chi connectivity index (χ4v) is 1.57. The summed E-state index contributed by atoms with van der Waals surface area (Å²) in [5.41, 5.74) is 0. The molecule has 0 aromatic carbocycles. The molecular weight excluding hydrogens is 202 g/mol. The molecule has 16 heavy (non-hydrogen) atoms. The van der Waals surface area contributed by atoms with Crippen molar-refractivity contribution in [3.05, 3.63) is 0 Å². The Morgan fingerprint density at radius 2 is 1.81 bits per heavy atom. The van der Waals surface area contributed by atoms with E-state index < -0.39 is 0 Å². The van der Waals surface area contributed by atoms with Crippen LogP contribution < -0.4 is 5.32 Å². The van der Waals surface area contributed by atoms with Gasteiger partial charge in [0.1, 0.15) is 0 Å². The summed E-state index contributed by atoms with van der Waals surface area (Å²) in [4.78, 5) is 0. The maximum Gasteiger partial charge on any atom is 0.0642 e. The fraction of sp³-hybridized carbons (Fsp3) is 1.00. The first kappa shape index (κ1) is 15.9. The third-order valence-corrected chi connectivity index (χ3v) is 2.51. The average molecular weight is 231 g/mol. The van der Waals surface area contributed by atoms with Gasteiger partial charge in [-0.25, -0.2) is 0 Å². The number of unbranched alkanes of at least 4 members (excludes halogenated alkanes) is 3. The predicted octanol–water partition coefficient (Wildman–Crippen LogP) is 2.60. The average Bonchev–Trinajstić information content (AvgIpc) is 2.30. The second-order valence-electron chi connectivity index (χ2n) is 4.24.